The van der Waals surface area contributed by atoms with Crippen LogP contribution in [0, 0.1) is 10.1 Å². The summed E-state index contributed by atoms with van der Waals surface area (Å²) >= 11 is 0. The van der Waals surface area contributed by atoms with Crippen LogP contribution in [0.4, 0.5) is 28.4 Å². The number of nitrogens with one attached hydrogen (secondary N) is 4. The minimum Gasteiger partial charge on any atom is -0.506 e. The molecule has 4 aromatic rings. The summed E-state index contributed by atoms with van der Waals surface area (Å²) < 4.78 is 48.5. The molecule has 0 heterocycles. The van der Waals surface area contributed by atoms with E-state index in [4.69, 9.17) is 5.14 Å². The number of phenols is 2. The van der Waals surface area contributed by atoms with Crippen LogP contribution in [0.25, 0.3) is 12.2 Å². The zero-order valence-corrected chi connectivity index (χ0v) is 35.4. The first-order valence-electron chi connectivity index (χ1n) is 15.8. The zero-order chi connectivity index (χ0) is 40.9. The Morgan fingerprint density at radius 2 is 1.40 bits per heavy atom. The number of fused-ring (bicyclic) bond motifs is 2. The Kier molecular flexibility index (Phi) is 15.4. The van der Waals surface area contributed by atoms with Gasteiger partial charge < -0.3 is 15.5 Å². The summed E-state index contributed by atoms with van der Waals surface area (Å²) in [5.74, 6) is -2.36. The third-order valence-electron chi connectivity index (χ3n) is 7.62. The van der Waals surface area contributed by atoms with E-state index in [1.165, 1.54) is 49.4 Å². The van der Waals surface area contributed by atoms with E-state index in [1.54, 1.807) is 30.3 Å². The van der Waals surface area contributed by atoms with Gasteiger partial charge in [0.05, 0.1) is 27.4 Å². The average Bonchev–Trinajstić information content (AvgIpc) is 3.11. The molecule has 8 N–H and O–H groups in total. The third-order valence-corrected chi connectivity index (χ3v) is 9.12. The molecule has 0 fully saturated rings. The van der Waals surface area contributed by atoms with Crippen molar-refractivity contribution in [1.29, 1.82) is 0 Å². The number of benzene rings is 4. The van der Waals surface area contributed by atoms with Crippen molar-refractivity contribution >= 4 is 89.5 Å². The number of hydrazone groups is 2. The second-order valence-corrected chi connectivity index (χ2v) is 15.1. The number of sulfonamides is 2. The summed E-state index contributed by atoms with van der Waals surface area (Å²) in [5, 5.41) is 46.8. The summed E-state index contributed by atoms with van der Waals surface area (Å²) in [6.45, 7) is 1.20. The normalized spacial score (nSPS) is 14.1. The molecule has 0 saturated carbocycles. The molecule has 1 amide bonds. The Morgan fingerprint density at radius 3 is 2.03 bits per heavy atom. The van der Waals surface area contributed by atoms with Gasteiger partial charge in [-0.05, 0) is 53.6 Å². The second kappa shape index (κ2) is 19.2. The van der Waals surface area contributed by atoms with Gasteiger partial charge in [0.15, 0.2) is 0 Å². The molecule has 0 bridgehead atoms. The fourth-order valence-corrected chi connectivity index (χ4v) is 6.33. The molecule has 19 nitrogen and oxygen atoms in total. The van der Waals surface area contributed by atoms with Crippen LogP contribution in [-0.4, -0.2) is 67.1 Å². The van der Waals surface area contributed by atoms with Gasteiger partial charge >= 0.3 is 35.2 Å². The van der Waals surface area contributed by atoms with Gasteiger partial charge in [0.2, 0.25) is 43.3 Å². The van der Waals surface area contributed by atoms with Gasteiger partial charge in [0.1, 0.15) is 22.9 Å². The summed E-state index contributed by atoms with van der Waals surface area (Å²) in [6, 6.07) is 17.5. The minimum absolute atomic E-state index is 0. The predicted molar refractivity (Wildman–Crippen MR) is 208 cm³/mol. The second-order valence-electron chi connectivity index (χ2n) is 11.8. The number of primary sulfonamides is 1. The van der Waals surface area contributed by atoms with Crippen LogP contribution in [0.3, 0.4) is 0 Å². The number of carbonyl (C=O) groups excluding carboxylic acids is 3. The summed E-state index contributed by atoms with van der Waals surface area (Å²) in [7, 11) is -7.60. The molecular weight excluding hydrogens is 848 g/mol. The molecule has 58 heavy (non-hydrogen) atoms. The molecule has 0 saturated heterocycles. The Balaban J connectivity index is 0.000000311. The van der Waals surface area contributed by atoms with E-state index in [0.29, 0.717) is 11.1 Å². The monoisotopic (exact) mass is 877 g/mol. The van der Waals surface area contributed by atoms with Gasteiger partial charge in [-0.1, -0.05) is 48.6 Å². The van der Waals surface area contributed by atoms with Gasteiger partial charge in [0, 0.05) is 47.2 Å². The molecule has 0 spiro atoms. The van der Waals surface area contributed by atoms with E-state index in [1.807, 2.05) is 12.1 Å². The standard InChI is InChI=1S/C19H17N5O7S.C16H13N3O4S.Cr.Na/c1-10(25)20-12-8-14(19(27)15(9-12)24(28)29)21-22-18-16(26)7-6-11-4-3-5-13(17(11)18)23-32(2,30)31;17-24(22,23)11-6-8-14(20)13(9-11)18-19-16-12-4-2-1-3-10(12)5-7-15(16)21;;/h3-9,21,23,27H,1-2H3,(H,20,25);1-9,18,20H,(H2,17,22,23);;/q;;;+1/b22-18+;19-16-;;. The Morgan fingerprint density at radius 1 is 0.793 bits per heavy atom. The van der Waals surface area contributed by atoms with Crippen LogP contribution >= 0.6 is 0 Å². The van der Waals surface area contributed by atoms with Crippen LogP contribution in [0.15, 0.2) is 100 Å². The topological polar surface area (TPSA) is 302 Å². The van der Waals surface area contributed by atoms with Crippen molar-refractivity contribution in [2.75, 3.05) is 27.1 Å². The van der Waals surface area contributed by atoms with E-state index in [0.717, 1.165) is 24.0 Å². The minimum atomic E-state index is -3.92. The van der Waals surface area contributed by atoms with Gasteiger partial charge in [-0.25, -0.2) is 22.0 Å². The molecule has 0 aromatic heterocycles. The molecule has 0 radical (unpaired) electrons. The number of rotatable bonds is 9. The van der Waals surface area contributed by atoms with Crippen molar-refractivity contribution in [2.24, 2.45) is 15.3 Å². The molecular formula is C35H30CrN8NaO11S2+. The number of amides is 1. The summed E-state index contributed by atoms with van der Waals surface area (Å²) in [4.78, 5) is 46.1. The molecule has 0 atom stereocenters. The van der Waals surface area contributed by atoms with Crippen LogP contribution in [0.1, 0.15) is 29.2 Å². The number of anilines is 4. The van der Waals surface area contributed by atoms with Crippen molar-refractivity contribution in [1.82, 2.24) is 0 Å². The summed E-state index contributed by atoms with van der Waals surface area (Å²) in [6.07, 6.45) is 6.75. The van der Waals surface area contributed by atoms with Crippen LogP contribution in [-0.2, 0) is 51.8 Å². The number of hydrogen-bond acceptors (Lipinski definition) is 15. The van der Waals surface area contributed by atoms with Crippen LogP contribution < -0.4 is 55.6 Å². The van der Waals surface area contributed by atoms with Crippen LogP contribution in [0.2, 0.25) is 0 Å². The number of phenolic OH excluding ortho intramolecular Hbond substituents is 2. The molecule has 0 unspecified atom stereocenters. The van der Waals surface area contributed by atoms with E-state index in [-0.39, 0.29) is 103 Å². The van der Waals surface area contributed by atoms with E-state index in [2.05, 4.69) is 31.1 Å². The molecule has 2 aliphatic rings. The Labute approximate surface area is 363 Å². The Bertz CT molecular complexity index is 2690. The molecule has 294 valence electrons. The van der Waals surface area contributed by atoms with Crippen molar-refractivity contribution < 1.29 is 93.3 Å². The Hall–Kier alpha value is -5.70. The molecule has 4 aromatic carbocycles. The number of nitro benzene ring substituents is 1. The number of allylic oxidation sites excluding steroid dienone is 2. The van der Waals surface area contributed by atoms with Gasteiger partial charge in [-0.3, -0.25) is 40.1 Å². The third kappa shape index (κ3) is 11.5. The number of nitrogens with zero attached hydrogens (tertiary/aromatic N) is 3. The molecule has 2 aliphatic carbocycles. The van der Waals surface area contributed by atoms with Crippen molar-refractivity contribution in [3.05, 3.63) is 117 Å². The number of hydrogen-bond donors (Lipinski definition) is 7. The largest absolute Gasteiger partial charge is 1.00 e. The molecule has 0 aliphatic heterocycles. The van der Waals surface area contributed by atoms with Gasteiger partial charge in [0.25, 0.3) is 0 Å². The first-order chi connectivity index (χ1) is 26.3. The predicted octanol–water partition coefficient (Wildman–Crippen LogP) is 0.496. The average molecular weight is 878 g/mol. The number of aromatic hydroxyl groups is 2. The smallest absolute Gasteiger partial charge is 0.506 e. The number of nitrogens with two attached hydrogens (primary N) is 1. The van der Waals surface area contributed by atoms with Gasteiger partial charge in [-0.2, -0.15) is 10.2 Å². The van der Waals surface area contributed by atoms with Gasteiger partial charge in [-0.15, -0.1) is 0 Å². The van der Waals surface area contributed by atoms with E-state index >= 15 is 0 Å². The van der Waals surface area contributed by atoms with Crippen LogP contribution in [0.5, 0.6) is 11.5 Å². The fraction of sp³-hybridized carbons (Fsp3) is 0.0571. The van der Waals surface area contributed by atoms with Crippen molar-refractivity contribution in [3.8, 4) is 11.5 Å². The number of carbonyl (C=O) groups is 3. The summed E-state index contributed by atoms with van der Waals surface area (Å²) in [5.41, 5.74) is 6.24. The SMILES string of the molecule is CC(=O)Nc1cc(N/N=C2\C(=O)C=Cc3cccc(NS(C)(=O)=O)c32)c(O)c([N+](=O)[O-])c1.NS(=O)(=O)c1ccc(O)c(N/N=C2\C(=O)C=Cc3ccccc32)c1.[Cr].[Na+]. The first-order valence-corrected chi connectivity index (χ1v) is 19.2. The maximum absolute atomic E-state index is 12.5. The molecule has 23 heteroatoms. The first kappa shape index (κ1) is 46.7. The van der Waals surface area contributed by atoms with Crippen molar-refractivity contribution in [3.63, 3.8) is 0 Å². The number of ketones is 2. The molecule has 6 rings (SSSR count). The van der Waals surface area contributed by atoms with E-state index < -0.39 is 48.1 Å². The van der Waals surface area contributed by atoms with E-state index in [9.17, 15) is 51.5 Å². The zero-order valence-electron chi connectivity index (χ0n) is 30.5. The maximum Gasteiger partial charge on any atom is 1.00 e. The maximum atomic E-state index is 12.5. The number of nitro groups is 1. The fourth-order valence-electron chi connectivity index (χ4n) is 5.22. The van der Waals surface area contributed by atoms with Crippen molar-refractivity contribution in [2.45, 2.75) is 11.8 Å². The quantitative estimate of drug-likeness (QED) is 0.0397.